The number of benzene rings is 1. The lowest BCUT2D eigenvalue weighted by atomic mass is 10.2. The van der Waals surface area contributed by atoms with Gasteiger partial charge in [0.05, 0.1) is 20.3 Å². The van der Waals surface area contributed by atoms with Crippen LogP contribution in [0.4, 0.5) is 0 Å². The lowest BCUT2D eigenvalue weighted by Crippen LogP contribution is -2.14. The monoisotopic (exact) mass is 313 g/mol. The number of methoxy groups -OCH3 is 1. The van der Waals surface area contributed by atoms with Crippen molar-refractivity contribution in [3.8, 4) is 5.75 Å². The molecule has 0 heterocycles. The van der Waals surface area contributed by atoms with Crippen LogP contribution in [-0.2, 0) is 13.6 Å². The second-order valence-corrected chi connectivity index (χ2v) is 6.47. The molecule has 0 unspecified atom stereocenters. The summed E-state index contributed by atoms with van der Waals surface area (Å²) in [6.07, 6.45) is 1.81. The van der Waals surface area contributed by atoms with Crippen LogP contribution in [0.25, 0.3) is 6.08 Å². The fourth-order valence-electron chi connectivity index (χ4n) is 1.81. The van der Waals surface area contributed by atoms with Crippen molar-refractivity contribution >= 4 is 13.7 Å². The topological polar surface area (TPSA) is 48.0 Å². The van der Waals surface area contributed by atoms with Gasteiger partial charge in [0.1, 0.15) is 11.2 Å². The van der Waals surface area contributed by atoms with Gasteiger partial charge in [0, 0.05) is 14.1 Å². The molecule has 0 amide bonds. The minimum Gasteiger partial charge on any atom is -0.497 e. The molecule has 0 aliphatic carbocycles. The van der Waals surface area contributed by atoms with Crippen molar-refractivity contribution in [2.45, 2.75) is 13.8 Å². The average molecular weight is 313 g/mol. The third-order valence-corrected chi connectivity index (χ3v) is 5.03. The molecule has 1 rings (SSSR count). The van der Waals surface area contributed by atoms with E-state index < -0.39 is 7.60 Å². The van der Waals surface area contributed by atoms with E-state index in [2.05, 4.69) is 0 Å². The molecular weight excluding hydrogens is 289 g/mol. The zero-order valence-corrected chi connectivity index (χ0v) is 14.2. The maximum absolute atomic E-state index is 12.9. The molecule has 0 N–H and O–H groups in total. The van der Waals surface area contributed by atoms with Crippen molar-refractivity contribution in [2.75, 3.05) is 34.4 Å². The minimum absolute atomic E-state index is 0.324. The molecule has 0 spiro atoms. The van der Waals surface area contributed by atoms with Gasteiger partial charge < -0.3 is 18.7 Å². The van der Waals surface area contributed by atoms with Crippen LogP contribution in [0.15, 0.2) is 29.7 Å². The lowest BCUT2D eigenvalue weighted by Gasteiger charge is -2.25. The summed E-state index contributed by atoms with van der Waals surface area (Å²) in [4.78, 5) is 1.76. The van der Waals surface area contributed by atoms with E-state index in [1.807, 2.05) is 44.4 Å². The van der Waals surface area contributed by atoms with Gasteiger partial charge in [-0.2, -0.15) is 0 Å². The first-order valence-electron chi connectivity index (χ1n) is 6.89. The number of hydrogen-bond acceptors (Lipinski definition) is 5. The van der Waals surface area contributed by atoms with Gasteiger partial charge in [0.2, 0.25) is 0 Å². The van der Waals surface area contributed by atoms with Crippen LogP contribution in [0.5, 0.6) is 5.75 Å². The van der Waals surface area contributed by atoms with Crippen LogP contribution in [0.2, 0.25) is 0 Å². The second kappa shape index (κ2) is 8.23. The van der Waals surface area contributed by atoms with Gasteiger partial charge in [0.25, 0.3) is 0 Å². The summed E-state index contributed by atoms with van der Waals surface area (Å²) in [5.74, 6) is 0.774. The summed E-state index contributed by atoms with van der Waals surface area (Å²) in [5, 5.41) is 0. The molecule has 0 radical (unpaired) electrons. The largest absolute Gasteiger partial charge is 0.497 e. The lowest BCUT2D eigenvalue weighted by molar-refractivity contribution is 0.219. The van der Waals surface area contributed by atoms with Gasteiger partial charge in [-0.3, -0.25) is 4.57 Å². The highest BCUT2D eigenvalue weighted by Gasteiger charge is 2.31. The summed E-state index contributed by atoms with van der Waals surface area (Å²) in [6, 6.07) is 7.49. The quantitative estimate of drug-likeness (QED) is 0.683. The molecule has 21 heavy (non-hydrogen) atoms. The average Bonchev–Trinajstić information content (AvgIpc) is 2.45. The Labute approximate surface area is 127 Å². The van der Waals surface area contributed by atoms with Gasteiger partial charge in [-0.1, -0.05) is 12.1 Å². The predicted octanol–water partition coefficient (Wildman–Crippen LogP) is 3.82. The standard InChI is InChI=1S/C15H24NO4P/c1-6-19-21(17,20-7-2)15(16(3)4)12-13-8-10-14(18-5)11-9-13/h8-12H,6-7H2,1-5H3/b15-12-. The van der Waals surface area contributed by atoms with Crippen molar-refractivity contribution < 1.29 is 18.3 Å². The Bertz CT molecular complexity index is 501. The maximum atomic E-state index is 12.9. The normalized spacial score (nSPS) is 12.3. The Morgan fingerprint density at radius 2 is 1.67 bits per heavy atom. The van der Waals surface area contributed by atoms with Crippen molar-refractivity contribution in [1.29, 1.82) is 0 Å². The molecule has 0 bridgehead atoms. The first-order chi connectivity index (χ1) is 9.96. The van der Waals surface area contributed by atoms with E-state index in [0.29, 0.717) is 18.7 Å². The van der Waals surface area contributed by atoms with Crippen LogP contribution in [0, 0.1) is 0 Å². The van der Waals surface area contributed by atoms with Gasteiger partial charge in [-0.05, 0) is 37.6 Å². The van der Waals surface area contributed by atoms with Crippen LogP contribution in [0.3, 0.4) is 0 Å². The Kier molecular flexibility index (Phi) is 6.96. The molecule has 0 saturated carbocycles. The molecule has 1 aromatic carbocycles. The zero-order valence-electron chi connectivity index (χ0n) is 13.3. The molecule has 118 valence electrons. The van der Waals surface area contributed by atoms with E-state index in [-0.39, 0.29) is 0 Å². The van der Waals surface area contributed by atoms with Crippen LogP contribution >= 0.6 is 7.60 Å². The molecule has 1 aromatic rings. The smallest absolute Gasteiger partial charge is 0.377 e. The van der Waals surface area contributed by atoms with Gasteiger partial charge >= 0.3 is 7.60 Å². The third-order valence-electron chi connectivity index (χ3n) is 2.75. The number of nitrogens with zero attached hydrogens (tertiary/aromatic N) is 1. The first-order valence-corrected chi connectivity index (χ1v) is 8.43. The summed E-state index contributed by atoms with van der Waals surface area (Å²) in [6.45, 7) is 4.24. The van der Waals surface area contributed by atoms with Crippen molar-refractivity contribution in [2.24, 2.45) is 0 Å². The fraction of sp³-hybridized carbons (Fsp3) is 0.467. The Morgan fingerprint density at radius 3 is 2.05 bits per heavy atom. The highest BCUT2D eigenvalue weighted by molar-refractivity contribution is 7.58. The van der Waals surface area contributed by atoms with Gasteiger partial charge in [0.15, 0.2) is 0 Å². The van der Waals surface area contributed by atoms with E-state index in [1.165, 1.54) is 0 Å². The van der Waals surface area contributed by atoms with E-state index >= 15 is 0 Å². The molecule has 0 aromatic heterocycles. The SMILES string of the molecule is CCOP(=O)(OCC)/C(=C\c1ccc(OC)cc1)N(C)C. The van der Waals surface area contributed by atoms with E-state index in [9.17, 15) is 4.57 Å². The molecular formula is C15H24NO4P. The Balaban J connectivity index is 3.19. The summed E-state index contributed by atoms with van der Waals surface area (Å²) < 4.78 is 28.9. The zero-order chi connectivity index (χ0) is 15.9. The van der Waals surface area contributed by atoms with Crippen LogP contribution < -0.4 is 4.74 Å². The summed E-state index contributed by atoms with van der Waals surface area (Å²) >= 11 is 0. The molecule has 6 heteroatoms. The molecule has 0 atom stereocenters. The fourth-order valence-corrected chi connectivity index (χ4v) is 3.63. The van der Waals surface area contributed by atoms with Crippen molar-refractivity contribution in [3.63, 3.8) is 0 Å². The molecule has 0 aliphatic rings. The predicted molar refractivity (Wildman–Crippen MR) is 85.5 cm³/mol. The number of rotatable bonds is 8. The van der Waals surface area contributed by atoms with E-state index in [1.54, 1.807) is 25.9 Å². The van der Waals surface area contributed by atoms with Crippen molar-refractivity contribution in [1.82, 2.24) is 4.90 Å². The highest BCUT2D eigenvalue weighted by atomic mass is 31.2. The number of ether oxygens (including phenoxy) is 1. The molecule has 0 fully saturated rings. The van der Waals surface area contributed by atoms with E-state index in [0.717, 1.165) is 11.3 Å². The van der Waals surface area contributed by atoms with E-state index in [4.69, 9.17) is 13.8 Å². The maximum Gasteiger partial charge on any atom is 0.377 e. The molecule has 0 aliphatic heterocycles. The third kappa shape index (κ3) is 4.88. The van der Waals surface area contributed by atoms with Crippen LogP contribution in [-0.4, -0.2) is 39.3 Å². The summed E-state index contributed by atoms with van der Waals surface area (Å²) in [7, 11) is 1.94. The first kappa shape index (κ1) is 17.8. The van der Waals surface area contributed by atoms with Crippen molar-refractivity contribution in [3.05, 3.63) is 35.3 Å². The van der Waals surface area contributed by atoms with Gasteiger partial charge in [-0.15, -0.1) is 0 Å². The second-order valence-electron chi connectivity index (χ2n) is 4.50. The molecule has 0 saturated heterocycles. The Morgan fingerprint density at radius 1 is 1.14 bits per heavy atom. The highest BCUT2D eigenvalue weighted by Crippen LogP contribution is 2.57. The molecule has 5 nitrogen and oxygen atoms in total. The summed E-state index contributed by atoms with van der Waals surface area (Å²) in [5.41, 5.74) is 1.43. The Hall–Kier alpha value is -1.29. The van der Waals surface area contributed by atoms with Gasteiger partial charge in [-0.25, -0.2) is 0 Å². The van der Waals surface area contributed by atoms with Crippen LogP contribution in [0.1, 0.15) is 19.4 Å². The minimum atomic E-state index is -3.31. The number of hydrogen-bond donors (Lipinski definition) is 0.